The first kappa shape index (κ1) is 25.6. The van der Waals surface area contributed by atoms with Gasteiger partial charge in [0.2, 0.25) is 11.8 Å². The first-order valence-electron chi connectivity index (χ1n) is 13.8. The first-order valence-corrected chi connectivity index (χ1v) is 13.8. The summed E-state index contributed by atoms with van der Waals surface area (Å²) in [4.78, 5) is 55.1. The number of carbonyl (C=O) groups excluding carboxylic acids is 4. The fraction of sp³-hybridized carbons (Fsp3) is 0.147. The molecule has 0 saturated carbocycles. The number of anilines is 2. The van der Waals surface area contributed by atoms with E-state index in [2.05, 4.69) is 15.8 Å². The van der Waals surface area contributed by atoms with Gasteiger partial charge in [-0.05, 0) is 53.4 Å². The zero-order chi connectivity index (χ0) is 29.0. The van der Waals surface area contributed by atoms with E-state index in [9.17, 15) is 19.2 Å². The Morgan fingerprint density at radius 3 is 2.00 bits per heavy atom. The summed E-state index contributed by atoms with van der Waals surface area (Å²) in [6, 6.07) is 31.5. The SMILES string of the molecule is Cc1ccc(N2C(=O)C3C4c5ccccc5C(/C=N/NC(=O)C(=O)Nc5ccccc5)(c5ccccc54)C3C2=O)cc1. The van der Waals surface area contributed by atoms with E-state index >= 15 is 0 Å². The first-order chi connectivity index (χ1) is 20.4. The fourth-order valence-electron chi connectivity index (χ4n) is 6.95. The van der Waals surface area contributed by atoms with E-state index < -0.39 is 29.1 Å². The molecule has 0 aromatic heterocycles. The number of nitrogens with zero attached hydrogens (tertiary/aromatic N) is 2. The van der Waals surface area contributed by atoms with Crippen molar-refractivity contribution >= 4 is 41.2 Å². The predicted octanol–water partition coefficient (Wildman–Crippen LogP) is 4.29. The van der Waals surface area contributed by atoms with Gasteiger partial charge in [0.05, 0.1) is 22.9 Å². The van der Waals surface area contributed by atoms with Gasteiger partial charge in [-0.15, -0.1) is 0 Å². The minimum atomic E-state index is -1.15. The van der Waals surface area contributed by atoms with Crippen LogP contribution in [0.1, 0.15) is 33.7 Å². The van der Waals surface area contributed by atoms with E-state index in [-0.39, 0.29) is 17.7 Å². The summed E-state index contributed by atoms with van der Waals surface area (Å²) in [6.07, 6.45) is 1.54. The van der Waals surface area contributed by atoms with Crippen LogP contribution in [-0.2, 0) is 24.6 Å². The monoisotopic (exact) mass is 554 g/mol. The van der Waals surface area contributed by atoms with E-state index in [1.165, 1.54) is 11.1 Å². The van der Waals surface area contributed by atoms with Crippen molar-refractivity contribution in [2.24, 2.45) is 16.9 Å². The predicted molar refractivity (Wildman–Crippen MR) is 158 cm³/mol. The minimum absolute atomic E-state index is 0.257. The maximum absolute atomic E-state index is 14.4. The van der Waals surface area contributed by atoms with Crippen LogP contribution in [0.2, 0.25) is 0 Å². The van der Waals surface area contributed by atoms with Crippen molar-refractivity contribution in [3.05, 3.63) is 131 Å². The zero-order valence-corrected chi connectivity index (χ0v) is 22.7. The Bertz CT molecular complexity index is 1750. The van der Waals surface area contributed by atoms with Crippen LogP contribution in [0.25, 0.3) is 0 Å². The molecule has 3 aliphatic carbocycles. The number of hydrogen-bond acceptors (Lipinski definition) is 5. The summed E-state index contributed by atoms with van der Waals surface area (Å²) < 4.78 is 0. The number of para-hydroxylation sites is 1. The fourth-order valence-corrected chi connectivity index (χ4v) is 6.95. The Hall–Kier alpha value is -5.37. The second-order valence-electron chi connectivity index (χ2n) is 10.9. The number of benzene rings is 4. The Labute approximate surface area is 242 Å². The molecule has 0 spiro atoms. The molecule has 8 rings (SSSR count). The Morgan fingerprint density at radius 1 is 0.762 bits per heavy atom. The maximum Gasteiger partial charge on any atom is 0.329 e. The normalized spacial score (nSPS) is 23.4. The molecular weight excluding hydrogens is 528 g/mol. The lowest BCUT2D eigenvalue weighted by Gasteiger charge is -2.52. The van der Waals surface area contributed by atoms with Gasteiger partial charge >= 0.3 is 11.8 Å². The summed E-state index contributed by atoms with van der Waals surface area (Å²) in [5.41, 5.74) is 6.83. The van der Waals surface area contributed by atoms with Gasteiger partial charge in [0.25, 0.3) is 0 Å². The van der Waals surface area contributed by atoms with Crippen LogP contribution in [-0.4, -0.2) is 29.8 Å². The summed E-state index contributed by atoms with van der Waals surface area (Å²) in [6.45, 7) is 1.95. The minimum Gasteiger partial charge on any atom is -0.318 e. The number of aryl methyl sites for hydroxylation is 1. The average molecular weight is 555 g/mol. The van der Waals surface area contributed by atoms with Gasteiger partial charge in [0, 0.05) is 17.8 Å². The second kappa shape index (κ2) is 9.62. The number of rotatable bonds is 4. The number of carbonyl (C=O) groups is 4. The molecule has 42 heavy (non-hydrogen) atoms. The van der Waals surface area contributed by atoms with E-state index in [1.807, 2.05) is 67.6 Å². The molecule has 2 unspecified atom stereocenters. The molecule has 206 valence electrons. The lowest BCUT2D eigenvalue weighted by molar-refractivity contribution is -0.136. The van der Waals surface area contributed by atoms with Gasteiger partial charge in [0.1, 0.15) is 0 Å². The molecular formula is C34H26N4O4. The zero-order valence-electron chi connectivity index (χ0n) is 22.7. The molecule has 4 aliphatic rings. The lowest BCUT2D eigenvalue weighted by atomic mass is 9.47. The number of hydrazone groups is 1. The van der Waals surface area contributed by atoms with Crippen molar-refractivity contribution in [1.82, 2.24) is 5.43 Å². The second-order valence-corrected chi connectivity index (χ2v) is 10.9. The van der Waals surface area contributed by atoms with E-state index in [0.29, 0.717) is 11.4 Å². The van der Waals surface area contributed by atoms with Gasteiger partial charge in [-0.1, -0.05) is 84.4 Å². The van der Waals surface area contributed by atoms with Crippen LogP contribution in [0.15, 0.2) is 108 Å². The Kier molecular flexibility index (Phi) is 5.86. The number of hydrogen-bond donors (Lipinski definition) is 2. The molecule has 8 heteroatoms. The summed E-state index contributed by atoms with van der Waals surface area (Å²) in [5, 5.41) is 6.83. The summed E-state index contributed by atoms with van der Waals surface area (Å²) in [7, 11) is 0. The largest absolute Gasteiger partial charge is 0.329 e. The van der Waals surface area contributed by atoms with Crippen molar-refractivity contribution < 1.29 is 19.2 Å². The van der Waals surface area contributed by atoms with Crippen molar-refractivity contribution in [2.75, 3.05) is 10.2 Å². The smallest absolute Gasteiger partial charge is 0.318 e. The van der Waals surface area contributed by atoms with Crippen molar-refractivity contribution in [2.45, 2.75) is 18.3 Å². The van der Waals surface area contributed by atoms with Crippen LogP contribution >= 0.6 is 0 Å². The lowest BCUT2D eigenvalue weighted by Crippen LogP contribution is -2.54. The highest BCUT2D eigenvalue weighted by Crippen LogP contribution is 2.63. The third-order valence-electron chi connectivity index (χ3n) is 8.65. The van der Waals surface area contributed by atoms with Crippen molar-refractivity contribution in [3.63, 3.8) is 0 Å². The molecule has 1 saturated heterocycles. The molecule has 4 amide bonds. The molecule has 4 aromatic carbocycles. The summed E-state index contributed by atoms with van der Waals surface area (Å²) >= 11 is 0. The van der Waals surface area contributed by atoms with Crippen molar-refractivity contribution in [3.8, 4) is 0 Å². The molecule has 1 fully saturated rings. The molecule has 2 N–H and O–H groups in total. The maximum atomic E-state index is 14.4. The standard InChI is InChI=1S/C34H26N4O4/c1-20-15-17-22(18-16-20)38-32(41)28-27-23-11-5-7-13-25(23)34(29(28)33(38)42,26-14-8-6-12-24(26)27)19-35-37-31(40)30(39)36-21-9-3-2-4-10-21/h2-19,27-29H,1H3,(H,36,39)(H,37,40)/b35-19+. The highest BCUT2D eigenvalue weighted by molar-refractivity contribution is 6.39. The van der Waals surface area contributed by atoms with Gasteiger partial charge < -0.3 is 5.32 Å². The Balaban J connectivity index is 1.33. The highest BCUT2D eigenvalue weighted by Gasteiger charge is 2.68. The van der Waals surface area contributed by atoms with Crippen LogP contribution in [0.5, 0.6) is 0 Å². The number of imide groups is 1. The van der Waals surface area contributed by atoms with Crippen LogP contribution in [0.3, 0.4) is 0 Å². The molecule has 2 bridgehead atoms. The Morgan fingerprint density at radius 2 is 1.36 bits per heavy atom. The quantitative estimate of drug-likeness (QED) is 0.170. The molecule has 0 radical (unpaired) electrons. The summed E-state index contributed by atoms with van der Waals surface area (Å²) in [5.74, 6) is -4.17. The molecule has 1 heterocycles. The number of nitrogens with one attached hydrogen (secondary N) is 2. The van der Waals surface area contributed by atoms with Gasteiger partial charge in [0.15, 0.2) is 0 Å². The van der Waals surface area contributed by atoms with E-state index in [0.717, 1.165) is 27.8 Å². The number of amides is 4. The molecule has 8 nitrogen and oxygen atoms in total. The van der Waals surface area contributed by atoms with E-state index in [1.54, 1.807) is 42.5 Å². The molecule has 2 atom stereocenters. The van der Waals surface area contributed by atoms with Crippen molar-refractivity contribution in [1.29, 1.82) is 0 Å². The third-order valence-corrected chi connectivity index (χ3v) is 8.65. The van der Waals surface area contributed by atoms with E-state index in [4.69, 9.17) is 0 Å². The third kappa shape index (κ3) is 3.65. The van der Waals surface area contributed by atoms with Gasteiger partial charge in [-0.2, -0.15) is 5.10 Å². The van der Waals surface area contributed by atoms with Crippen LogP contribution in [0, 0.1) is 18.8 Å². The van der Waals surface area contributed by atoms with Gasteiger partial charge in [-0.25, -0.2) is 10.3 Å². The van der Waals surface area contributed by atoms with Gasteiger partial charge in [-0.3, -0.25) is 19.2 Å². The average Bonchev–Trinajstić information content (AvgIpc) is 3.28. The highest BCUT2D eigenvalue weighted by atomic mass is 16.2. The molecule has 1 aliphatic heterocycles. The topological polar surface area (TPSA) is 108 Å². The molecule has 4 aromatic rings. The van der Waals surface area contributed by atoms with Crippen LogP contribution in [0.4, 0.5) is 11.4 Å². The van der Waals surface area contributed by atoms with Crippen LogP contribution < -0.4 is 15.6 Å².